The molecule has 1 aliphatic heterocycles. The van der Waals surface area contributed by atoms with Crippen LogP contribution in [0.2, 0.25) is 5.02 Å². The first-order chi connectivity index (χ1) is 11.0. The number of halogens is 2. The Morgan fingerprint density at radius 1 is 1.09 bits per heavy atom. The van der Waals surface area contributed by atoms with E-state index in [0.717, 1.165) is 0 Å². The normalized spacial score (nSPS) is 19.7. The largest absolute Gasteiger partial charge is 0.378 e. The maximum Gasteiger partial charge on any atom is 0.243 e. The van der Waals surface area contributed by atoms with Gasteiger partial charge in [0.15, 0.2) is 0 Å². The van der Waals surface area contributed by atoms with Gasteiger partial charge in [0.05, 0.1) is 24.2 Å². The van der Waals surface area contributed by atoms with E-state index >= 15 is 0 Å². The van der Waals surface area contributed by atoms with Gasteiger partial charge in [0.1, 0.15) is 5.82 Å². The quantitative estimate of drug-likeness (QED) is 0.849. The molecule has 0 bridgehead atoms. The number of sulfonamides is 1. The van der Waals surface area contributed by atoms with E-state index in [4.69, 9.17) is 16.3 Å². The van der Waals surface area contributed by atoms with Gasteiger partial charge >= 0.3 is 0 Å². The van der Waals surface area contributed by atoms with Crippen LogP contribution in [0.4, 0.5) is 4.39 Å². The van der Waals surface area contributed by atoms with Gasteiger partial charge in [-0.2, -0.15) is 4.31 Å². The van der Waals surface area contributed by atoms with Gasteiger partial charge in [-0.3, -0.25) is 0 Å². The van der Waals surface area contributed by atoms with Crippen molar-refractivity contribution >= 4 is 21.6 Å². The zero-order valence-corrected chi connectivity index (χ0v) is 13.7. The number of ether oxygens (including phenoxy) is 1. The number of hydrogen-bond donors (Lipinski definition) is 0. The maximum atomic E-state index is 13.1. The lowest BCUT2D eigenvalue weighted by atomic mass is 10.1. The standard InChI is InChI=1S/C16H15ClFNO3S/c17-13-3-7-15(8-4-13)23(20,21)19-9-10-22-11-16(19)12-1-5-14(18)6-2-12/h1-8,16H,9-11H2. The Balaban J connectivity index is 1.97. The van der Waals surface area contributed by atoms with Gasteiger partial charge in [-0.1, -0.05) is 23.7 Å². The van der Waals surface area contributed by atoms with Crippen LogP contribution < -0.4 is 0 Å². The molecule has 0 saturated carbocycles. The van der Waals surface area contributed by atoms with Crippen LogP contribution >= 0.6 is 11.6 Å². The molecule has 1 unspecified atom stereocenters. The summed E-state index contributed by atoms with van der Waals surface area (Å²) in [6.07, 6.45) is 0. The third-order valence-electron chi connectivity index (χ3n) is 3.75. The van der Waals surface area contributed by atoms with Crippen LogP contribution in [-0.4, -0.2) is 32.5 Å². The molecule has 0 aromatic heterocycles. The smallest absolute Gasteiger partial charge is 0.243 e. The van der Waals surface area contributed by atoms with Crippen LogP contribution in [0, 0.1) is 5.82 Å². The minimum absolute atomic E-state index is 0.177. The number of morpholine rings is 1. The number of benzene rings is 2. The Morgan fingerprint density at radius 2 is 1.74 bits per heavy atom. The van der Waals surface area contributed by atoms with Crippen LogP contribution in [0.3, 0.4) is 0 Å². The highest BCUT2D eigenvalue weighted by molar-refractivity contribution is 7.89. The second-order valence-electron chi connectivity index (χ2n) is 5.21. The molecule has 1 saturated heterocycles. The molecule has 0 amide bonds. The molecule has 1 heterocycles. The molecule has 3 rings (SSSR count). The van der Waals surface area contributed by atoms with Crippen LogP contribution in [0.25, 0.3) is 0 Å². The first-order valence-corrected chi connectivity index (χ1v) is 8.91. The summed E-state index contributed by atoms with van der Waals surface area (Å²) >= 11 is 5.82. The highest BCUT2D eigenvalue weighted by atomic mass is 35.5. The first kappa shape index (κ1) is 16.4. The molecule has 2 aromatic rings. The Morgan fingerprint density at radius 3 is 2.39 bits per heavy atom. The molecule has 1 atom stereocenters. The van der Waals surface area contributed by atoms with Gasteiger partial charge in [0, 0.05) is 11.6 Å². The van der Waals surface area contributed by atoms with Crippen molar-refractivity contribution in [2.75, 3.05) is 19.8 Å². The molecule has 0 spiro atoms. The summed E-state index contributed by atoms with van der Waals surface area (Å²) in [6.45, 7) is 0.802. The van der Waals surface area contributed by atoms with E-state index in [9.17, 15) is 12.8 Å². The van der Waals surface area contributed by atoms with E-state index in [1.807, 2.05) is 0 Å². The van der Waals surface area contributed by atoms with Crippen LogP contribution in [-0.2, 0) is 14.8 Å². The molecule has 2 aromatic carbocycles. The number of hydrogen-bond acceptors (Lipinski definition) is 3. The lowest BCUT2D eigenvalue weighted by molar-refractivity contribution is 0.0320. The number of nitrogens with zero attached hydrogens (tertiary/aromatic N) is 1. The van der Waals surface area contributed by atoms with Gasteiger partial charge in [-0.05, 0) is 42.0 Å². The van der Waals surface area contributed by atoms with Crippen molar-refractivity contribution in [3.63, 3.8) is 0 Å². The van der Waals surface area contributed by atoms with Gasteiger partial charge in [0.25, 0.3) is 0 Å². The van der Waals surface area contributed by atoms with Crippen molar-refractivity contribution in [3.8, 4) is 0 Å². The predicted molar refractivity (Wildman–Crippen MR) is 85.3 cm³/mol. The van der Waals surface area contributed by atoms with Crippen LogP contribution in [0.15, 0.2) is 53.4 Å². The van der Waals surface area contributed by atoms with Crippen molar-refractivity contribution in [3.05, 3.63) is 64.9 Å². The second-order valence-corrected chi connectivity index (χ2v) is 7.54. The Hall–Kier alpha value is -1.47. The summed E-state index contributed by atoms with van der Waals surface area (Å²) in [4.78, 5) is 0.177. The summed E-state index contributed by atoms with van der Waals surface area (Å²) in [5.74, 6) is -0.363. The van der Waals surface area contributed by atoms with Crippen LogP contribution in [0.5, 0.6) is 0 Å². The minimum Gasteiger partial charge on any atom is -0.378 e. The fourth-order valence-corrected chi connectivity index (χ4v) is 4.27. The van der Waals surface area contributed by atoms with Gasteiger partial charge < -0.3 is 4.74 Å². The Labute approximate surface area is 139 Å². The predicted octanol–water partition coefficient (Wildman–Crippen LogP) is 3.24. The fourth-order valence-electron chi connectivity index (χ4n) is 2.57. The van der Waals surface area contributed by atoms with Crippen molar-refractivity contribution in [1.82, 2.24) is 4.31 Å². The van der Waals surface area contributed by atoms with Gasteiger partial charge in [-0.25, -0.2) is 12.8 Å². The van der Waals surface area contributed by atoms with Crippen LogP contribution in [0.1, 0.15) is 11.6 Å². The van der Waals surface area contributed by atoms with E-state index in [0.29, 0.717) is 17.2 Å². The molecule has 4 nitrogen and oxygen atoms in total. The van der Waals surface area contributed by atoms with E-state index < -0.39 is 16.1 Å². The van der Waals surface area contributed by atoms with E-state index in [-0.39, 0.29) is 23.9 Å². The van der Waals surface area contributed by atoms with Gasteiger partial charge in [-0.15, -0.1) is 0 Å². The summed E-state index contributed by atoms with van der Waals surface area (Å²) in [5.41, 5.74) is 0.698. The lowest BCUT2D eigenvalue weighted by Crippen LogP contribution is -2.43. The third kappa shape index (κ3) is 3.40. The summed E-state index contributed by atoms with van der Waals surface area (Å²) in [7, 11) is -3.69. The Kier molecular flexibility index (Phi) is 4.68. The molecule has 0 aliphatic carbocycles. The average molecular weight is 356 g/mol. The molecule has 7 heteroatoms. The summed E-state index contributed by atoms with van der Waals surface area (Å²) in [5, 5.41) is 0.473. The lowest BCUT2D eigenvalue weighted by Gasteiger charge is -2.34. The molecule has 0 radical (unpaired) electrons. The van der Waals surface area contributed by atoms with E-state index in [2.05, 4.69) is 0 Å². The summed E-state index contributed by atoms with van der Waals surface area (Å²) < 4.78 is 45.7. The number of rotatable bonds is 3. The highest BCUT2D eigenvalue weighted by Crippen LogP contribution is 2.30. The molecular weight excluding hydrogens is 341 g/mol. The van der Waals surface area contributed by atoms with Crippen molar-refractivity contribution in [2.45, 2.75) is 10.9 Å². The molecule has 23 heavy (non-hydrogen) atoms. The zero-order chi connectivity index (χ0) is 16.4. The average Bonchev–Trinajstić information content (AvgIpc) is 2.56. The molecule has 1 aliphatic rings. The van der Waals surface area contributed by atoms with E-state index in [1.165, 1.54) is 28.6 Å². The zero-order valence-electron chi connectivity index (χ0n) is 12.2. The SMILES string of the molecule is O=S(=O)(c1ccc(Cl)cc1)N1CCOCC1c1ccc(F)cc1. The third-order valence-corrected chi connectivity index (χ3v) is 5.93. The molecule has 1 fully saturated rings. The maximum absolute atomic E-state index is 13.1. The van der Waals surface area contributed by atoms with Crippen molar-refractivity contribution in [1.29, 1.82) is 0 Å². The second kappa shape index (κ2) is 6.57. The minimum atomic E-state index is -3.69. The monoisotopic (exact) mass is 355 g/mol. The van der Waals surface area contributed by atoms with Crippen molar-refractivity contribution < 1.29 is 17.5 Å². The molecule has 0 N–H and O–H groups in total. The summed E-state index contributed by atoms with van der Waals surface area (Å²) in [6, 6.07) is 11.4. The van der Waals surface area contributed by atoms with E-state index in [1.54, 1.807) is 24.3 Å². The first-order valence-electron chi connectivity index (χ1n) is 7.09. The van der Waals surface area contributed by atoms with Gasteiger partial charge in [0.2, 0.25) is 10.0 Å². The van der Waals surface area contributed by atoms with Crippen molar-refractivity contribution in [2.24, 2.45) is 0 Å². The molecular formula is C16H15ClFNO3S. The Bertz CT molecular complexity index is 778. The highest BCUT2D eigenvalue weighted by Gasteiger charge is 2.35. The fraction of sp³-hybridized carbons (Fsp3) is 0.250. The topological polar surface area (TPSA) is 46.6 Å². The molecule has 122 valence electrons.